The second kappa shape index (κ2) is 3.94. The lowest BCUT2D eigenvalue weighted by molar-refractivity contribution is 0.603. The molecule has 0 radical (unpaired) electrons. The molecule has 0 amide bonds. The van der Waals surface area contributed by atoms with Crippen molar-refractivity contribution in [1.29, 1.82) is 0 Å². The number of halogens is 2. The van der Waals surface area contributed by atoms with Crippen LogP contribution in [0.5, 0.6) is 0 Å². The second-order valence-electron chi connectivity index (χ2n) is 2.73. The molecule has 0 unspecified atom stereocenters. The molecule has 0 bridgehead atoms. The molecule has 0 aliphatic rings. The lowest BCUT2D eigenvalue weighted by atomic mass is 10.2. The highest BCUT2D eigenvalue weighted by Crippen LogP contribution is 2.28. The molecule has 1 rings (SSSR count). The van der Waals surface area contributed by atoms with Crippen LogP contribution >= 0.6 is 23.2 Å². The Morgan fingerprint density at radius 2 is 1.86 bits per heavy atom. The molecule has 4 nitrogen and oxygen atoms in total. The highest BCUT2D eigenvalue weighted by Gasteiger charge is 2.08. The summed E-state index contributed by atoms with van der Waals surface area (Å²) in [7, 11) is -3.82. The van der Waals surface area contributed by atoms with Crippen LogP contribution in [0.25, 0.3) is 0 Å². The van der Waals surface area contributed by atoms with Gasteiger partial charge in [0, 0.05) is 5.02 Å². The van der Waals surface area contributed by atoms with Gasteiger partial charge in [-0.15, -0.1) is 0 Å². The molecule has 0 fully saturated rings. The zero-order valence-electron chi connectivity index (χ0n) is 7.21. The van der Waals surface area contributed by atoms with E-state index in [1.54, 1.807) is 13.0 Å². The Labute approximate surface area is 92.2 Å². The van der Waals surface area contributed by atoms with Gasteiger partial charge in [-0.05, 0) is 24.6 Å². The number of aryl methyl sites for hydroxylation is 1. The standard InChI is InChI=1S/C7H8Cl2N2O2S/c1-4-2-6(9)7(3-5(4)8)11-14(10,12)13/h2-3,11H,1H3,(H2,10,12,13). The predicted octanol–water partition coefficient (Wildman–Crippen LogP) is 1.92. The monoisotopic (exact) mass is 254 g/mol. The molecule has 0 saturated heterocycles. The fourth-order valence-electron chi connectivity index (χ4n) is 0.878. The fourth-order valence-corrected chi connectivity index (χ4v) is 1.84. The Hall–Kier alpha value is -0.490. The minimum absolute atomic E-state index is 0.171. The summed E-state index contributed by atoms with van der Waals surface area (Å²) in [5.41, 5.74) is 0.932. The number of rotatable bonds is 2. The van der Waals surface area contributed by atoms with E-state index in [2.05, 4.69) is 4.72 Å². The van der Waals surface area contributed by atoms with Crippen molar-refractivity contribution in [1.82, 2.24) is 0 Å². The van der Waals surface area contributed by atoms with Crippen molar-refractivity contribution in [3.05, 3.63) is 27.7 Å². The van der Waals surface area contributed by atoms with Gasteiger partial charge in [-0.25, -0.2) is 5.14 Å². The molecule has 0 aliphatic carbocycles. The van der Waals surface area contributed by atoms with Crippen LogP contribution in [0.15, 0.2) is 12.1 Å². The number of benzene rings is 1. The molecule has 0 spiro atoms. The van der Waals surface area contributed by atoms with Crippen molar-refractivity contribution in [3.63, 3.8) is 0 Å². The molecule has 3 N–H and O–H groups in total. The molecule has 0 aromatic heterocycles. The third-order valence-corrected chi connectivity index (χ3v) is 2.72. The lowest BCUT2D eigenvalue weighted by Crippen LogP contribution is -2.21. The van der Waals surface area contributed by atoms with Crippen LogP contribution in [-0.4, -0.2) is 8.42 Å². The first-order valence-corrected chi connectivity index (χ1v) is 5.86. The third kappa shape index (κ3) is 3.02. The molecule has 0 atom stereocenters. The van der Waals surface area contributed by atoms with Crippen molar-refractivity contribution in [2.75, 3.05) is 4.72 Å². The summed E-state index contributed by atoms with van der Waals surface area (Å²) in [5.74, 6) is 0. The summed E-state index contributed by atoms with van der Waals surface area (Å²) in [6.07, 6.45) is 0. The first kappa shape index (κ1) is 11.6. The molecule has 0 saturated carbocycles. The zero-order valence-corrected chi connectivity index (χ0v) is 9.54. The van der Waals surface area contributed by atoms with Gasteiger partial charge in [-0.2, -0.15) is 8.42 Å². The van der Waals surface area contributed by atoms with Crippen molar-refractivity contribution >= 4 is 39.1 Å². The molecular weight excluding hydrogens is 247 g/mol. The first-order valence-electron chi connectivity index (χ1n) is 3.56. The molecule has 14 heavy (non-hydrogen) atoms. The topological polar surface area (TPSA) is 72.2 Å². The SMILES string of the molecule is Cc1cc(Cl)c(NS(N)(=O)=O)cc1Cl. The second-order valence-corrected chi connectivity index (χ2v) is 4.84. The highest BCUT2D eigenvalue weighted by molar-refractivity contribution is 7.90. The van der Waals surface area contributed by atoms with E-state index in [4.69, 9.17) is 28.3 Å². The summed E-state index contributed by atoms with van der Waals surface area (Å²) in [6, 6.07) is 2.96. The first-order chi connectivity index (χ1) is 6.29. The van der Waals surface area contributed by atoms with E-state index in [-0.39, 0.29) is 10.7 Å². The molecule has 0 aliphatic heterocycles. The number of hydrogen-bond acceptors (Lipinski definition) is 2. The number of nitrogens with two attached hydrogens (primary N) is 1. The molecular formula is C7H8Cl2N2O2S. The Balaban J connectivity index is 3.17. The van der Waals surface area contributed by atoms with E-state index in [9.17, 15) is 8.42 Å². The smallest absolute Gasteiger partial charge is 0.270 e. The zero-order chi connectivity index (χ0) is 10.9. The maximum absolute atomic E-state index is 10.7. The van der Waals surface area contributed by atoms with Crippen molar-refractivity contribution < 1.29 is 8.42 Å². The van der Waals surface area contributed by atoms with E-state index in [1.807, 2.05) is 0 Å². The van der Waals surface area contributed by atoms with Gasteiger partial charge in [0.2, 0.25) is 0 Å². The summed E-state index contributed by atoms with van der Waals surface area (Å²) < 4.78 is 23.5. The molecule has 78 valence electrons. The van der Waals surface area contributed by atoms with Gasteiger partial charge in [0.15, 0.2) is 0 Å². The predicted molar refractivity (Wildman–Crippen MR) is 57.9 cm³/mol. The van der Waals surface area contributed by atoms with Crippen LogP contribution in [0.3, 0.4) is 0 Å². The van der Waals surface area contributed by atoms with Gasteiger partial charge in [0.1, 0.15) is 0 Å². The van der Waals surface area contributed by atoms with Crippen molar-refractivity contribution in [2.45, 2.75) is 6.92 Å². The van der Waals surface area contributed by atoms with Gasteiger partial charge < -0.3 is 0 Å². The van der Waals surface area contributed by atoms with E-state index in [0.29, 0.717) is 5.02 Å². The van der Waals surface area contributed by atoms with Crippen LogP contribution < -0.4 is 9.86 Å². The lowest BCUT2D eigenvalue weighted by Gasteiger charge is -2.07. The summed E-state index contributed by atoms with van der Waals surface area (Å²) in [4.78, 5) is 0. The molecule has 0 heterocycles. The third-order valence-electron chi connectivity index (χ3n) is 1.50. The van der Waals surface area contributed by atoms with Crippen LogP contribution in [0, 0.1) is 6.92 Å². The van der Waals surface area contributed by atoms with Gasteiger partial charge in [-0.3, -0.25) is 4.72 Å². The van der Waals surface area contributed by atoms with Crippen LogP contribution in [0.2, 0.25) is 10.0 Å². The normalized spacial score (nSPS) is 11.4. The van der Waals surface area contributed by atoms with E-state index in [1.165, 1.54) is 6.07 Å². The Morgan fingerprint density at radius 1 is 1.29 bits per heavy atom. The molecule has 1 aromatic rings. The van der Waals surface area contributed by atoms with E-state index < -0.39 is 10.2 Å². The van der Waals surface area contributed by atoms with E-state index in [0.717, 1.165) is 5.56 Å². The largest absolute Gasteiger partial charge is 0.296 e. The van der Waals surface area contributed by atoms with Crippen molar-refractivity contribution in [3.8, 4) is 0 Å². The van der Waals surface area contributed by atoms with Gasteiger partial charge >= 0.3 is 0 Å². The van der Waals surface area contributed by atoms with E-state index >= 15 is 0 Å². The molecule has 1 aromatic carbocycles. The van der Waals surface area contributed by atoms with Gasteiger partial charge in [-0.1, -0.05) is 23.2 Å². The summed E-state index contributed by atoms with van der Waals surface area (Å²) in [5, 5.41) is 5.45. The quantitative estimate of drug-likeness (QED) is 0.847. The minimum atomic E-state index is -3.82. The van der Waals surface area contributed by atoms with Crippen molar-refractivity contribution in [2.24, 2.45) is 5.14 Å². The van der Waals surface area contributed by atoms with Crippen LogP contribution in [0.4, 0.5) is 5.69 Å². The maximum atomic E-state index is 10.7. The number of nitrogens with one attached hydrogen (secondary N) is 1. The molecule has 7 heteroatoms. The summed E-state index contributed by atoms with van der Waals surface area (Å²) >= 11 is 11.5. The Morgan fingerprint density at radius 3 is 2.36 bits per heavy atom. The van der Waals surface area contributed by atoms with Gasteiger partial charge in [0.25, 0.3) is 10.2 Å². The average Bonchev–Trinajstić information content (AvgIpc) is 1.97. The minimum Gasteiger partial charge on any atom is -0.270 e. The highest BCUT2D eigenvalue weighted by atomic mass is 35.5. The Bertz CT molecular complexity index is 459. The summed E-state index contributed by atoms with van der Waals surface area (Å²) in [6.45, 7) is 1.76. The van der Waals surface area contributed by atoms with Crippen LogP contribution in [-0.2, 0) is 10.2 Å². The number of anilines is 1. The average molecular weight is 255 g/mol. The van der Waals surface area contributed by atoms with Crippen LogP contribution in [0.1, 0.15) is 5.56 Å². The van der Waals surface area contributed by atoms with Gasteiger partial charge in [0.05, 0.1) is 10.7 Å². The maximum Gasteiger partial charge on any atom is 0.296 e. The number of hydrogen-bond donors (Lipinski definition) is 2. The Kier molecular flexibility index (Phi) is 3.26. The fraction of sp³-hybridized carbons (Fsp3) is 0.143.